The van der Waals surface area contributed by atoms with Crippen molar-refractivity contribution in [2.45, 2.75) is 12.8 Å². The molecule has 0 fully saturated rings. The Bertz CT molecular complexity index is 529. The molecule has 0 saturated heterocycles. The first-order valence-electron chi connectivity index (χ1n) is 7.01. The lowest BCUT2D eigenvalue weighted by Gasteiger charge is -2.18. The Hall–Kier alpha value is -2.08. The highest BCUT2D eigenvalue weighted by atomic mass is 16.5. The highest BCUT2D eigenvalue weighted by Crippen LogP contribution is 2.28. The Morgan fingerprint density at radius 1 is 1.43 bits per heavy atom. The monoisotopic (exact) mass is 291 g/mol. The minimum Gasteiger partial charge on any atom is -0.482 e. The topological polar surface area (TPSA) is 70.7 Å². The third-order valence-electron chi connectivity index (χ3n) is 3.15. The van der Waals surface area contributed by atoms with E-state index in [9.17, 15) is 9.59 Å². The second-order valence-corrected chi connectivity index (χ2v) is 5.35. The van der Waals surface area contributed by atoms with E-state index >= 15 is 0 Å². The van der Waals surface area contributed by atoms with Crippen molar-refractivity contribution in [3.63, 3.8) is 0 Å². The molecule has 6 heteroatoms. The number of hydrogen-bond donors (Lipinski definition) is 2. The van der Waals surface area contributed by atoms with Gasteiger partial charge in [0.1, 0.15) is 5.75 Å². The fourth-order valence-electron chi connectivity index (χ4n) is 2.11. The minimum atomic E-state index is -0.173. The SMILES string of the molecule is CN(C)CCCNC(=O)Cc1ccc2c(c1)NC(=O)CO2. The number of hydrogen-bond acceptors (Lipinski definition) is 4. The van der Waals surface area contributed by atoms with Gasteiger partial charge in [-0.25, -0.2) is 0 Å². The van der Waals surface area contributed by atoms with Crippen molar-refractivity contribution >= 4 is 17.5 Å². The van der Waals surface area contributed by atoms with Crippen LogP contribution < -0.4 is 15.4 Å². The fourth-order valence-corrected chi connectivity index (χ4v) is 2.11. The van der Waals surface area contributed by atoms with Crippen LogP contribution in [0.25, 0.3) is 0 Å². The summed E-state index contributed by atoms with van der Waals surface area (Å²) in [6.45, 7) is 1.66. The van der Waals surface area contributed by atoms with Gasteiger partial charge in [-0.1, -0.05) is 6.07 Å². The van der Waals surface area contributed by atoms with E-state index in [0.717, 1.165) is 18.5 Å². The van der Waals surface area contributed by atoms with Crippen LogP contribution in [0.2, 0.25) is 0 Å². The summed E-state index contributed by atoms with van der Waals surface area (Å²) < 4.78 is 5.28. The van der Waals surface area contributed by atoms with Crippen LogP contribution in [0.4, 0.5) is 5.69 Å². The van der Waals surface area contributed by atoms with Gasteiger partial charge in [0.15, 0.2) is 6.61 Å². The molecule has 0 bridgehead atoms. The zero-order valence-corrected chi connectivity index (χ0v) is 12.4. The van der Waals surface area contributed by atoms with Crippen LogP contribution in [0.3, 0.4) is 0 Å². The number of nitrogens with one attached hydrogen (secondary N) is 2. The number of ether oxygens (including phenoxy) is 1. The Labute approximate surface area is 124 Å². The van der Waals surface area contributed by atoms with Crippen molar-refractivity contribution in [3.05, 3.63) is 23.8 Å². The highest BCUT2D eigenvalue weighted by Gasteiger charge is 2.16. The van der Waals surface area contributed by atoms with Crippen molar-refractivity contribution in [1.82, 2.24) is 10.2 Å². The van der Waals surface area contributed by atoms with E-state index in [1.165, 1.54) is 0 Å². The van der Waals surface area contributed by atoms with E-state index < -0.39 is 0 Å². The Kier molecular flexibility index (Phi) is 5.16. The van der Waals surface area contributed by atoms with Crippen LogP contribution in [0.1, 0.15) is 12.0 Å². The maximum atomic E-state index is 11.8. The second kappa shape index (κ2) is 7.08. The third kappa shape index (κ3) is 4.75. The summed E-state index contributed by atoms with van der Waals surface area (Å²) in [5.74, 6) is 0.453. The summed E-state index contributed by atoms with van der Waals surface area (Å²) in [6.07, 6.45) is 1.22. The molecule has 2 rings (SSSR count). The maximum Gasteiger partial charge on any atom is 0.262 e. The molecule has 114 valence electrons. The van der Waals surface area contributed by atoms with E-state index in [-0.39, 0.29) is 18.4 Å². The molecule has 21 heavy (non-hydrogen) atoms. The van der Waals surface area contributed by atoms with Gasteiger partial charge in [0, 0.05) is 6.54 Å². The molecule has 0 aromatic heterocycles. The number of carbonyl (C=O) groups excluding carboxylic acids is 2. The summed E-state index contributed by atoms with van der Waals surface area (Å²) in [6, 6.07) is 5.41. The quantitative estimate of drug-likeness (QED) is 0.754. The molecule has 2 N–H and O–H groups in total. The summed E-state index contributed by atoms with van der Waals surface area (Å²) in [5.41, 5.74) is 1.48. The van der Waals surface area contributed by atoms with Crippen LogP contribution in [0, 0.1) is 0 Å². The molecular weight excluding hydrogens is 270 g/mol. The summed E-state index contributed by atoms with van der Waals surface area (Å²) >= 11 is 0. The van der Waals surface area contributed by atoms with Gasteiger partial charge in [0.25, 0.3) is 5.91 Å². The van der Waals surface area contributed by atoms with Gasteiger partial charge >= 0.3 is 0 Å². The molecule has 1 aromatic carbocycles. The largest absolute Gasteiger partial charge is 0.482 e. The maximum absolute atomic E-state index is 11.8. The molecule has 1 aliphatic rings. The van der Waals surface area contributed by atoms with Crippen molar-refractivity contribution in [1.29, 1.82) is 0 Å². The smallest absolute Gasteiger partial charge is 0.262 e. The summed E-state index contributed by atoms with van der Waals surface area (Å²) in [7, 11) is 4.01. The van der Waals surface area contributed by atoms with Gasteiger partial charge < -0.3 is 20.3 Å². The van der Waals surface area contributed by atoms with E-state index in [1.54, 1.807) is 12.1 Å². The average Bonchev–Trinajstić information content (AvgIpc) is 2.43. The molecule has 6 nitrogen and oxygen atoms in total. The number of fused-ring (bicyclic) bond motifs is 1. The number of rotatable bonds is 6. The Morgan fingerprint density at radius 3 is 3.00 bits per heavy atom. The van der Waals surface area contributed by atoms with Crippen LogP contribution >= 0.6 is 0 Å². The molecule has 0 spiro atoms. The van der Waals surface area contributed by atoms with Crippen LogP contribution in [-0.4, -0.2) is 50.5 Å². The summed E-state index contributed by atoms with van der Waals surface area (Å²) in [5, 5.41) is 5.63. The normalized spacial score (nSPS) is 13.4. The predicted molar refractivity (Wildman–Crippen MR) is 80.5 cm³/mol. The van der Waals surface area contributed by atoms with Gasteiger partial charge in [-0.05, 0) is 44.8 Å². The molecule has 0 atom stereocenters. The van der Waals surface area contributed by atoms with Gasteiger partial charge in [0.2, 0.25) is 5.91 Å². The minimum absolute atomic E-state index is 0.0169. The van der Waals surface area contributed by atoms with Crippen LogP contribution in [-0.2, 0) is 16.0 Å². The standard InChI is InChI=1S/C15H21N3O3/c1-18(2)7-3-6-16-14(19)9-11-4-5-13-12(8-11)17-15(20)10-21-13/h4-5,8H,3,6-7,9-10H2,1-2H3,(H,16,19)(H,17,20). The lowest BCUT2D eigenvalue weighted by Crippen LogP contribution is -2.28. The Morgan fingerprint density at radius 2 is 2.24 bits per heavy atom. The average molecular weight is 291 g/mol. The van der Waals surface area contributed by atoms with Crippen molar-refractivity contribution in [2.24, 2.45) is 0 Å². The number of amides is 2. The molecule has 2 amide bonds. The fraction of sp³-hybridized carbons (Fsp3) is 0.467. The van der Waals surface area contributed by atoms with Gasteiger partial charge in [0.05, 0.1) is 12.1 Å². The molecule has 0 aliphatic carbocycles. The van der Waals surface area contributed by atoms with E-state index in [2.05, 4.69) is 15.5 Å². The number of carbonyl (C=O) groups is 2. The molecule has 1 aliphatic heterocycles. The predicted octanol–water partition coefficient (Wildman–Crippen LogP) is 0.628. The molecule has 1 heterocycles. The van der Waals surface area contributed by atoms with Crippen molar-refractivity contribution in [2.75, 3.05) is 39.1 Å². The second-order valence-electron chi connectivity index (χ2n) is 5.35. The lowest BCUT2D eigenvalue weighted by molar-refractivity contribution is -0.120. The van der Waals surface area contributed by atoms with Crippen molar-refractivity contribution < 1.29 is 14.3 Å². The zero-order valence-electron chi connectivity index (χ0n) is 12.4. The van der Waals surface area contributed by atoms with Gasteiger partial charge in [-0.15, -0.1) is 0 Å². The third-order valence-corrected chi connectivity index (χ3v) is 3.15. The first-order valence-corrected chi connectivity index (χ1v) is 7.01. The Balaban J connectivity index is 1.84. The number of benzene rings is 1. The van der Waals surface area contributed by atoms with Crippen molar-refractivity contribution in [3.8, 4) is 5.75 Å². The lowest BCUT2D eigenvalue weighted by atomic mass is 10.1. The first kappa shape index (κ1) is 15.3. The van der Waals surface area contributed by atoms with Crippen LogP contribution in [0.5, 0.6) is 5.75 Å². The number of anilines is 1. The number of nitrogens with zero attached hydrogens (tertiary/aromatic N) is 1. The van der Waals surface area contributed by atoms with Gasteiger partial charge in [-0.3, -0.25) is 9.59 Å². The molecule has 0 radical (unpaired) electrons. The van der Waals surface area contributed by atoms with E-state index in [0.29, 0.717) is 24.4 Å². The van der Waals surface area contributed by atoms with Gasteiger partial charge in [-0.2, -0.15) is 0 Å². The first-order chi connectivity index (χ1) is 10.0. The molecule has 0 saturated carbocycles. The highest BCUT2D eigenvalue weighted by molar-refractivity contribution is 5.95. The molecular formula is C15H21N3O3. The van der Waals surface area contributed by atoms with E-state index in [1.807, 2.05) is 20.2 Å². The molecule has 0 unspecified atom stereocenters. The van der Waals surface area contributed by atoms with Crippen LogP contribution in [0.15, 0.2) is 18.2 Å². The molecule has 1 aromatic rings. The zero-order chi connectivity index (χ0) is 15.2. The summed E-state index contributed by atoms with van der Waals surface area (Å²) in [4.78, 5) is 25.2. The van der Waals surface area contributed by atoms with E-state index in [4.69, 9.17) is 4.74 Å².